The van der Waals surface area contributed by atoms with E-state index in [0.29, 0.717) is 25.3 Å². The number of carbonyl (C=O) groups excluding carboxylic acids is 1. The zero-order chi connectivity index (χ0) is 21.2. The maximum Gasteiger partial charge on any atom is 0.387 e. The summed E-state index contributed by atoms with van der Waals surface area (Å²) in [5, 5.41) is 16.8. The van der Waals surface area contributed by atoms with Crippen molar-refractivity contribution >= 4 is 17.3 Å². The maximum absolute atomic E-state index is 12.3. The third-order valence-corrected chi connectivity index (χ3v) is 3.93. The maximum atomic E-state index is 12.3. The van der Waals surface area contributed by atoms with Gasteiger partial charge in [0.2, 0.25) is 0 Å². The summed E-state index contributed by atoms with van der Waals surface area (Å²) < 4.78 is 33.4. The molecule has 0 radical (unpaired) electrons. The Bertz CT molecular complexity index is 831. The highest BCUT2D eigenvalue weighted by Crippen LogP contribution is 2.25. The van der Waals surface area contributed by atoms with Crippen LogP contribution in [0.25, 0.3) is 0 Å². The molecule has 10 heteroatoms. The van der Waals surface area contributed by atoms with Gasteiger partial charge in [0.15, 0.2) is 0 Å². The number of nitro groups is 1. The van der Waals surface area contributed by atoms with Crippen molar-refractivity contribution in [3.8, 4) is 5.75 Å². The van der Waals surface area contributed by atoms with Gasteiger partial charge in [0.05, 0.1) is 11.5 Å². The lowest BCUT2D eigenvalue weighted by atomic mass is 10.1. The number of hydrogen-bond donors (Lipinski definition) is 2. The van der Waals surface area contributed by atoms with Crippen LogP contribution in [0, 0.1) is 10.1 Å². The van der Waals surface area contributed by atoms with Gasteiger partial charge in [0.25, 0.3) is 11.6 Å². The number of rotatable bonds is 11. The van der Waals surface area contributed by atoms with Crippen molar-refractivity contribution in [3.63, 3.8) is 0 Å². The van der Waals surface area contributed by atoms with Gasteiger partial charge in [-0.1, -0.05) is 12.1 Å². The largest absolute Gasteiger partial charge is 0.435 e. The zero-order valence-electron chi connectivity index (χ0n) is 15.7. The van der Waals surface area contributed by atoms with Gasteiger partial charge < -0.3 is 20.1 Å². The van der Waals surface area contributed by atoms with Gasteiger partial charge in [0.1, 0.15) is 11.4 Å². The summed E-state index contributed by atoms with van der Waals surface area (Å²) >= 11 is 0. The first-order chi connectivity index (χ1) is 13.9. The molecule has 0 spiro atoms. The Hall–Kier alpha value is -3.27. The van der Waals surface area contributed by atoms with Crippen molar-refractivity contribution in [2.45, 2.75) is 13.0 Å². The van der Waals surface area contributed by atoms with Crippen LogP contribution < -0.4 is 15.4 Å². The number of amides is 1. The van der Waals surface area contributed by atoms with Crippen LogP contribution in [0.4, 0.5) is 20.2 Å². The van der Waals surface area contributed by atoms with Crippen molar-refractivity contribution < 1.29 is 28.0 Å². The summed E-state index contributed by atoms with van der Waals surface area (Å²) in [7, 11) is 1.52. The Kier molecular flexibility index (Phi) is 8.28. The van der Waals surface area contributed by atoms with E-state index in [0.717, 1.165) is 5.56 Å². The third kappa shape index (κ3) is 7.00. The van der Waals surface area contributed by atoms with Gasteiger partial charge in [-0.05, 0) is 36.2 Å². The fourth-order valence-electron chi connectivity index (χ4n) is 2.52. The number of methoxy groups -OCH3 is 1. The normalized spacial score (nSPS) is 10.6. The molecule has 0 heterocycles. The van der Waals surface area contributed by atoms with Crippen LogP contribution in [0.15, 0.2) is 42.5 Å². The molecule has 29 heavy (non-hydrogen) atoms. The molecule has 0 aliphatic rings. The lowest BCUT2D eigenvalue weighted by molar-refractivity contribution is -0.384. The highest BCUT2D eigenvalue weighted by Gasteiger charge is 2.17. The van der Waals surface area contributed by atoms with Crippen LogP contribution in [0.2, 0.25) is 0 Å². The van der Waals surface area contributed by atoms with Crippen LogP contribution in [-0.2, 0) is 11.2 Å². The van der Waals surface area contributed by atoms with Gasteiger partial charge in [-0.2, -0.15) is 8.78 Å². The molecule has 2 N–H and O–H groups in total. The van der Waals surface area contributed by atoms with Crippen LogP contribution in [0.3, 0.4) is 0 Å². The second kappa shape index (κ2) is 10.9. The number of carbonyl (C=O) groups is 1. The van der Waals surface area contributed by atoms with Gasteiger partial charge in [-0.15, -0.1) is 0 Å². The average molecular weight is 409 g/mol. The quantitative estimate of drug-likeness (QED) is 0.336. The van der Waals surface area contributed by atoms with Crippen LogP contribution in [0.1, 0.15) is 15.9 Å². The second-order valence-corrected chi connectivity index (χ2v) is 5.94. The topological polar surface area (TPSA) is 103 Å². The van der Waals surface area contributed by atoms with E-state index in [-0.39, 0.29) is 23.5 Å². The van der Waals surface area contributed by atoms with Crippen LogP contribution in [-0.4, -0.2) is 44.2 Å². The predicted molar refractivity (Wildman–Crippen MR) is 103 cm³/mol. The minimum absolute atomic E-state index is 0.0549. The zero-order valence-corrected chi connectivity index (χ0v) is 15.7. The van der Waals surface area contributed by atoms with E-state index >= 15 is 0 Å². The SMILES string of the molecule is COCCNc1ccc(C(=O)NCCc2ccc(OC(F)F)cc2)cc1[N+](=O)[O-]. The number of nitrogens with zero attached hydrogens (tertiary/aromatic N) is 1. The Morgan fingerprint density at radius 3 is 2.52 bits per heavy atom. The lowest BCUT2D eigenvalue weighted by Crippen LogP contribution is -2.25. The molecule has 2 rings (SSSR count). The van der Waals surface area contributed by atoms with E-state index in [2.05, 4.69) is 15.4 Å². The second-order valence-electron chi connectivity index (χ2n) is 5.94. The first-order valence-electron chi connectivity index (χ1n) is 8.74. The fourth-order valence-corrected chi connectivity index (χ4v) is 2.52. The first-order valence-corrected chi connectivity index (χ1v) is 8.74. The van der Waals surface area contributed by atoms with Crippen molar-refractivity contribution in [1.29, 1.82) is 0 Å². The average Bonchev–Trinajstić information content (AvgIpc) is 2.69. The number of hydrogen-bond acceptors (Lipinski definition) is 6. The molecule has 2 aromatic rings. The monoisotopic (exact) mass is 409 g/mol. The minimum atomic E-state index is -2.88. The van der Waals surface area contributed by atoms with Gasteiger partial charge in [-0.3, -0.25) is 14.9 Å². The molecule has 2 aromatic carbocycles. The van der Waals surface area contributed by atoms with Crippen LogP contribution >= 0.6 is 0 Å². The Morgan fingerprint density at radius 1 is 1.17 bits per heavy atom. The van der Waals surface area contributed by atoms with Crippen molar-refractivity contribution in [2.75, 3.05) is 32.1 Å². The molecule has 156 valence electrons. The van der Waals surface area contributed by atoms with Crippen molar-refractivity contribution in [2.24, 2.45) is 0 Å². The summed E-state index contributed by atoms with van der Waals surface area (Å²) in [5.74, 6) is -0.395. The molecular formula is C19H21F2N3O5. The summed E-state index contributed by atoms with van der Waals surface area (Å²) in [6.45, 7) is -1.83. The van der Waals surface area contributed by atoms with Gasteiger partial charge in [0, 0.05) is 31.8 Å². The van der Waals surface area contributed by atoms with E-state index in [1.807, 2.05) is 0 Å². The van der Waals surface area contributed by atoms with E-state index in [1.165, 1.54) is 37.4 Å². The standard InChI is InChI=1S/C19H21F2N3O5/c1-28-11-10-22-16-7-4-14(12-17(16)24(26)27)18(25)23-9-8-13-2-5-15(6-3-13)29-19(20)21/h2-7,12,19,22H,8-11H2,1H3,(H,23,25). The number of alkyl halides is 2. The molecule has 0 fully saturated rings. The molecule has 0 aromatic heterocycles. The molecule has 0 bridgehead atoms. The highest BCUT2D eigenvalue weighted by molar-refractivity contribution is 5.95. The predicted octanol–water partition coefficient (Wildman–Crippen LogP) is 3.23. The Labute approximate surface area is 166 Å². The smallest absolute Gasteiger partial charge is 0.387 e. The van der Waals surface area contributed by atoms with Crippen molar-refractivity contribution in [1.82, 2.24) is 5.32 Å². The lowest BCUT2D eigenvalue weighted by Gasteiger charge is -2.09. The van der Waals surface area contributed by atoms with Crippen molar-refractivity contribution in [3.05, 3.63) is 63.7 Å². The molecule has 0 unspecified atom stereocenters. The van der Waals surface area contributed by atoms with Crippen LogP contribution in [0.5, 0.6) is 5.75 Å². The molecule has 0 aliphatic carbocycles. The molecule has 8 nitrogen and oxygen atoms in total. The molecule has 0 saturated carbocycles. The summed E-state index contributed by atoms with van der Waals surface area (Å²) in [4.78, 5) is 23.0. The van der Waals surface area contributed by atoms with Gasteiger partial charge in [-0.25, -0.2) is 0 Å². The number of nitro benzene ring substituents is 1. The Balaban J connectivity index is 1.92. The first kappa shape index (κ1) is 22.0. The molecule has 0 aliphatic heterocycles. The number of benzene rings is 2. The minimum Gasteiger partial charge on any atom is -0.435 e. The highest BCUT2D eigenvalue weighted by atomic mass is 19.3. The number of ether oxygens (including phenoxy) is 2. The molecular weight excluding hydrogens is 388 g/mol. The fraction of sp³-hybridized carbons (Fsp3) is 0.316. The van der Waals surface area contributed by atoms with E-state index < -0.39 is 17.4 Å². The number of halogens is 2. The molecule has 0 saturated heterocycles. The number of anilines is 1. The third-order valence-electron chi connectivity index (χ3n) is 3.93. The van der Waals surface area contributed by atoms with Gasteiger partial charge >= 0.3 is 6.61 Å². The summed E-state index contributed by atoms with van der Waals surface area (Å²) in [5.41, 5.74) is 1.07. The summed E-state index contributed by atoms with van der Waals surface area (Å²) in [6, 6.07) is 10.3. The number of nitrogens with one attached hydrogen (secondary N) is 2. The Morgan fingerprint density at radius 2 is 1.90 bits per heavy atom. The molecule has 0 atom stereocenters. The van der Waals surface area contributed by atoms with E-state index in [1.54, 1.807) is 12.1 Å². The van der Waals surface area contributed by atoms with E-state index in [4.69, 9.17) is 4.74 Å². The molecule has 1 amide bonds. The van der Waals surface area contributed by atoms with E-state index in [9.17, 15) is 23.7 Å². The summed E-state index contributed by atoms with van der Waals surface area (Å²) in [6.07, 6.45) is 0.458.